The number of fused-ring (bicyclic) bond motifs is 2. The molecule has 2 saturated carbocycles. The van der Waals surface area contributed by atoms with Crippen LogP contribution < -0.4 is 0 Å². The molecular formula is C33H29ClN6O6S2. The van der Waals surface area contributed by atoms with Gasteiger partial charge in [-0.3, -0.25) is 9.59 Å². The van der Waals surface area contributed by atoms with Gasteiger partial charge >= 0.3 is 11.9 Å². The van der Waals surface area contributed by atoms with Crippen molar-refractivity contribution in [3.63, 3.8) is 0 Å². The van der Waals surface area contributed by atoms with E-state index in [4.69, 9.17) is 21.8 Å². The molecule has 2 N–H and O–H groups in total. The minimum Gasteiger partial charge on any atom is -0.477 e. The van der Waals surface area contributed by atoms with E-state index in [-0.39, 0.29) is 4.88 Å². The molecule has 2 aliphatic carbocycles. The van der Waals surface area contributed by atoms with E-state index in [9.17, 15) is 19.2 Å². The zero-order valence-electron chi connectivity index (χ0n) is 25.6. The lowest BCUT2D eigenvalue weighted by Gasteiger charge is -2.07. The van der Waals surface area contributed by atoms with Crippen LogP contribution in [0.4, 0.5) is 0 Å². The van der Waals surface area contributed by atoms with Crippen LogP contribution in [0.25, 0.3) is 22.6 Å². The first-order chi connectivity index (χ1) is 23.1. The van der Waals surface area contributed by atoms with E-state index in [1.165, 1.54) is 60.8 Å². The van der Waals surface area contributed by atoms with Crippen molar-refractivity contribution in [2.75, 3.05) is 0 Å². The Labute approximate surface area is 286 Å². The summed E-state index contributed by atoms with van der Waals surface area (Å²) >= 11 is 8.37. The molecule has 0 atom stereocenters. The monoisotopic (exact) mass is 704 g/mol. The van der Waals surface area contributed by atoms with Crippen LogP contribution in [0.2, 0.25) is 5.15 Å². The van der Waals surface area contributed by atoms with Gasteiger partial charge in [0, 0.05) is 22.3 Å². The molecule has 0 unspecified atom stereocenters. The van der Waals surface area contributed by atoms with E-state index < -0.39 is 11.9 Å². The van der Waals surface area contributed by atoms with Crippen molar-refractivity contribution < 1.29 is 29.4 Å². The molecule has 8 rings (SSSR count). The summed E-state index contributed by atoms with van der Waals surface area (Å²) in [5, 5.41) is 30.0. The molecule has 246 valence electrons. The van der Waals surface area contributed by atoms with Crippen LogP contribution in [-0.4, -0.2) is 63.9 Å². The van der Waals surface area contributed by atoms with Gasteiger partial charge in [0.1, 0.15) is 14.9 Å². The number of carboxylic acids is 2. The van der Waals surface area contributed by atoms with Crippen LogP contribution in [0, 0.1) is 18.8 Å². The van der Waals surface area contributed by atoms with E-state index in [1.54, 1.807) is 26.5 Å². The molecular weight excluding hydrogens is 676 g/mol. The van der Waals surface area contributed by atoms with Crippen LogP contribution in [0.3, 0.4) is 0 Å². The standard InChI is InChI=1S/C16H13N3O3S.C11H10ClN3O.C6H6O2S/c20-7-11-6-17-19-12(3-9-1-2-9)5-13(18-15(11)19)10-4-14(16(21)22)23-8-10;12-10-4-9(3-7-1-2-7)15-11(14-10)8(6-16)5-13-15;1-4-2-5(6(7)8)9-3-4/h4-9H,1-3H2,(H,21,22);4-7H,1-3H2;2-3H,1H3,(H,7,8). The summed E-state index contributed by atoms with van der Waals surface area (Å²) in [6.07, 6.45) is 11.4. The molecule has 6 heterocycles. The minimum atomic E-state index is -0.946. The molecule has 0 bridgehead atoms. The quantitative estimate of drug-likeness (QED) is 0.120. The van der Waals surface area contributed by atoms with Crippen molar-refractivity contribution in [2.24, 2.45) is 11.8 Å². The Morgan fingerprint density at radius 2 is 1.33 bits per heavy atom. The van der Waals surface area contributed by atoms with Crippen molar-refractivity contribution in [1.29, 1.82) is 0 Å². The summed E-state index contributed by atoms with van der Waals surface area (Å²) in [4.78, 5) is 52.6. The number of aromatic nitrogens is 6. The summed E-state index contributed by atoms with van der Waals surface area (Å²) < 4.78 is 3.43. The number of aldehydes is 2. The summed E-state index contributed by atoms with van der Waals surface area (Å²) in [5.41, 5.74) is 6.49. The lowest BCUT2D eigenvalue weighted by molar-refractivity contribution is 0.0691. The van der Waals surface area contributed by atoms with E-state index in [1.807, 2.05) is 24.4 Å². The fourth-order valence-electron chi connectivity index (χ4n) is 5.02. The van der Waals surface area contributed by atoms with Crippen molar-refractivity contribution in [3.8, 4) is 11.3 Å². The number of aromatic carboxylic acids is 2. The summed E-state index contributed by atoms with van der Waals surface area (Å²) in [6, 6.07) is 7.05. The molecule has 12 nitrogen and oxygen atoms in total. The Morgan fingerprint density at radius 1 is 0.812 bits per heavy atom. The third-order valence-electron chi connectivity index (χ3n) is 7.81. The van der Waals surface area contributed by atoms with Crippen LogP contribution in [0.5, 0.6) is 0 Å². The molecule has 0 aromatic carbocycles. The van der Waals surface area contributed by atoms with Gasteiger partial charge in [-0.05, 0) is 92.5 Å². The van der Waals surface area contributed by atoms with Crippen molar-refractivity contribution in [3.05, 3.63) is 90.4 Å². The highest BCUT2D eigenvalue weighted by atomic mass is 35.5. The van der Waals surface area contributed by atoms with Gasteiger partial charge in [0.2, 0.25) is 0 Å². The van der Waals surface area contributed by atoms with E-state index in [0.717, 1.165) is 53.8 Å². The molecule has 2 aliphatic rings. The number of hydrogen-bond acceptors (Lipinski definition) is 10. The van der Waals surface area contributed by atoms with Crippen LogP contribution in [0.1, 0.15) is 82.7 Å². The lowest BCUT2D eigenvalue weighted by Crippen LogP contribution is -2.03. The summed E-state index contributed by atoms with van der Waals surface area (Å²) in [7, 11) is 0. The Kier molecular flexibility index (Phi) is 9.76. The Hall–Kier alpha value is -4.79. The third kappa shape index (κ3) is 7.67. The number of carbonyl (C=O) groups is 4. The second-order valence-electron chi connectivity index (χ2n) is 11.7. The van der Waals surface area contributed by atoms with Crippen LogP contribution >= 0.6 is 34.3 Å². The zero-order chi connectivity index (χ0) is 33.9. The second-order valence-corrected chi connectivity index (χ2v) is 13.9. The fourth-order valence-corrected chi connectivity index (χ4v) is 6.70. The van der Waals surface area contributed by atoms with Gasteiger partial charge in [-0.25, -0.2) is 28.6 Å². The third-order valence-corrected chi connectivity index (χ3v) is 9.95. The normalized spacial score (nSPS) is 13.8. The average molecular weight is 705 g/mol. The number of halogens is 1. The Bertz CT molecular complexity index is 2160. The van der Waals surface area contributed by atoms with E-state index >= 15 is 0 Å². The number of carbonyl (C=O) groups excluding carboxylic acids is 2. The fraction of sp³-hybridized carbons (Fsp3) is 0.273. The first-order valence-electron chi connectivity index (χ1n) is 15.0. The number of thiophene rings is 2. The molecule has 48 heavy (non-hydrogen) atoms. The van der Waals surface area contributed by atoms with E-state index in [0.29, 0.717) is 44.1 Å². The first-order valence-corrected chi connectivity index (χ1v) is 17.2. The van der Waals surface area contributed by atoms with Crippen molar-refractivity contribution in [1.82, 2.24) is 29.2 Å². The number of aryl methyl sites for hydroxylation is 1. The van der Waals surface area contributed by atoms with Gasteiger partial charge < -0.3 is 10.2 Å². The topological polar surface area (TPSA) is 169 Å². The predicted molar refractivity (Wildman–Crippen MR) is 181 cm³/mol. The molecule has 2 fully saturated rings. The first kappa shape index (κ1) is 33.1. The predicted octanol–water partition coefficient (Wildman–Crippen LogP) is 6.82. The Balaban J connectivity index is 0.000000139. The number of hydrogen-bond donors (Lipinski definition) is 2. The largest absolute Gasteiger partial charge is 0.477 e. The van der Waals surface area contributed by atoms with Crippen molar-refractivity contribution >= 4 is 70.1 Å². The van der Waals surface area contributed by atoms with Crippen LogP contribution in [0.15, 0.2) is 47.4 Å². The highest BCUT2D eigenvalue weighted by molar-refractivity contribution is 7.12. The van der Waals surface area contributed by atoms with Crippen molar-refractivity contribution in [2.45, 2.75) is 45.4 Å². The molecule has 6 aromatic heterocycles. The minimum absolute atomic E-state index is 0.273. The highest BCUT2D eigenvalue weighted by Crippen LogP contribution is 2.35. The molecule has 0 radical (unpaired) electrons. The number of carboxylic acid groups (broad SMARTS) is 2. The van der Waals surface area contributed by atoms with Gasteiger partial charge in [0.25, 0.3) is 0 Å². The van der Waals surface area contributed by atoms with Gasteiger partial charge in [0.05, 0.1) is 29.2 Å². The number of rotatable bonds is 9. The zero-order valence-corrected chi connectivity index (χ0v) is 28.0. The van der Waals surface area contributed by atoms with E-state index in [2.05, 4.69) is 20.2 Å². The molecule has 0 saturated heterocycles. The maximum absolute atomic E-state index is 11.2. The molecule has 6 aromatic rings. The highest BCUT2D eigenvalue weighted by Gasteiger charge is 2.25. The van der Waals surface area contributed by atoms with Gasteiger partial charge in [0.15, 0.2) is 23.9 Å². The average Bonchev–Trinajstić information content (AvgIpc) is 3.79. The summed E-state index contributed by atoms with van der Waals surface area (Å²) in [6.45, 7) is 1.88. The molecule has 0 spiro atoms. The smallest absolute Gasteiger partial charge is 0.345 e. The SMILES string of the molecule is Cc1csc(C(=O)O)c1.O=Cc1cnn2c(CC3CC3)cc(-c3csc(C(=O)O)c3)nc12.O=Cc1cnn2c(CC3CC3)cc(Cl)nc12. The molecule has 15 heteroatoms. The van der Waals surface area contributed by atoms with Gasteiger partial charge in [-0.1, -0.05) is 11.6 Å². The van der Waals surface area contributed by atoms with Gasteiger partial charge in [-0.15, -0.1) is 22.7 Å². The lowest BCUT2D eigenvalue weighted by atomic mass is 10.1. The maximum atomic E-state index is 11.2. The van der Waals surface area contributed by atoms with Gasteiger partial charge in [-0.2, -0.15) is 10.2 Å². The molecule has 0 aliphatic heterocycles. The molecule has 0 amide bonds. The second kappa shape index (κ2) is 14.1. The maximum Gasteiger partial charge on any atom is 0.345 e. The number of nitrogens with zero attached hydrogens (tertiary/aromatic N) is 6. The Morgan fingerprint density at radius 3 is 1.79 bits per heavy atom. The summed E-state index contributed by atoms with van der Waals surface area (Å²) in [5.74, 6) is -0.383. The van der Waals surface area contributed by atoms with Crippen LogP contribution in [-0.2, 0) is 12.8 Å².